The average molecular weight is 382 g/mol. The van der Waals surface area contributed by atoms with Crippen molar-refractivity contribution in [1.82, 2.24) is 15.3 Å². The van der Waals surface area contributed by atoms with E-state index in [2.05, 4.69) is 15.3 Å². The number of hydrogen-bond acceptors (Lipinski definition) is 5. The Bertz CT molecular complexity index is 958. The number of aromatic amines is 1. The van der Waals surface area contributed by atoms with Crippen molar-refractivity contribution in [3.63, 3.8) is 0 Å². The highest BCUT2D eigenvalue weighted by Crippen LogP contribution is 2.25. The van der Waals surface area contributed by atoms with E-state index in [0.29, 0.717) is 28.5 Å². The maximum Gasteiger partial charge on any atom is 0.259 e. The second-order valence-electron chi connectivity index (χ2n) is 5.46. The minimum Gasteiger partial charge on any atom is -0.351 e. The van der Waals surface area contributed by atoms with Gasteiger partial charge in [0.15, 0.2) is 0 Å². The highest BCUT2D eigenvalue weighted by molar-refractivity contribution is 7.18. The van der Waals surface area contributed by atoms with Crippen LogP contribution in [-0.2, 0) is 17.8 Å². The number of thiophene rings is 2. The lowest BCUT2D eigenvalue weighted by molar-refractivity contribution is -0.121. The SMILES string of the molecule is Cc1sc2nc(CCC(=O)NCc3ccc(Cl)s3)[nH]c(=O)c2c1C. The monoisotopic (exact) mass is 381 g/mol. The van der Waals surface area contributed by atoms with Gasteiger partial charge < -0.3 is 10.3 Å². The van der Waals surface area contributed by atoms with E-state index in [1.807, 2.05) is 26.0 Å². The Morgan fingerprint density at radius 3 is 2.83 bits per heavy atom. The van der Waals surface area contributed by atoms with Gasteiger partial charge in [-0.1, -0.05) is 11.6 Å². The first kappa shape index (κ1) is 17.1. The molecular weight excluding hydrogens is 366 g/mol. The third-order valence-electron chi connectivity index (χ3n) is 3.77. The lowest BCUT2D eigenvalue weighted by atomic mass is 10.2. The second kappa shape index (κ2) is 7.04. The minimum atomic E-state index is -0.134. The molecular formula is C16H16ClN3O2S2. The molecule has 126 valence electrons. The second-order valence-corrected chi connectivity index (χ2v) is 8.46. The molecule has 5 nitrogen and oxygen atoms in total. The molecule has 3 rings (SSSR count). The summed E-state index contributed by atoms with van der Waals surface area (Å²) in [4.78, 5) is 34.2. The number of amides is 1. The number of halogens is 1. The van der Waals surface area contributed by atoms with E-state index in [-0.39, 0.29) is 17.9 Å². The van der Waals surface area contributed by atoms with Crippen LogP contribution in [0.4, 0.5) is 0 Å². The van der Waals surface area contributed by atoms with Gasteiger partial charge in [-0.2, -0.15) is 0 Å². The van der Waals surface area contributed by atoms with Crippen molar-refractivity contribution in [3.8, 4) is 0 Å². The highest BCUT2D eigenvalue weighted by atomic mass is 35.5. The quantitative estimate of drug-likeness (QED) is 0.709. The maximum absolute atomic E-state index is 12.2. The standard InChI is InChI=1S/C16H16ClN3O2S2/c1-8-9(2)23-16-14(8)15(22)19-12(20-16)5-6-13(21)18-7-10-3-4-11(17)24-10/h3-4H,5-7H2,1-2H3,(H,18,21)(H,19,20,22). The Balaban J connectivity index is 1.63. The molecule has 3 heterocycles. The minimum absolute atomic E-state index is 0.0826. The Morgan fingerprint density at radius 1 is 1.33 bits per heavy atom. The number of nitrogens with zero attached hydrogens (tertiary/aromatic N) is 1. The number of aryl methyl sites for hydroxylation is 3. The molecule has 0 unspecified atom stereocenters. The van der Waals surface area contributed by atoms with E-state index in [1.54, 1.807) is 0 Å². The van der Waals surface area contributed by atoms with Crippen molar-refractivity contribution < 1.29 is 4.79 Å². The predicted molar refractivity (Wildman–Crippen MR) is 99.2 cm³/mol. The van der Waals surface area contributed by atoms with Gasteiger partial charge in [-0.05, 0) is 31.5 Å². The Hall–Kier alpha value is -1.70. The summed E-state index contributed by atoms with van der Waals surface area (Å²) < 4.78 is 0.705. The smallest absolute Gasteiger partial charge is 0.259 e. The topological polar surface area (TPSA) is 74.8 Å². The van der Waals surface area contributed by atoms with Gasteiger partial charge in [0.25, 0.3) is 5.56 Å². The van der Waals surface area contributed by atoms with Gasteiger partial charge in [0.1, 0.15) is 10.7 Å². The molecule has 0 aliphatic heterocycles. The van der Waals surface area contributed by atoms with E-state index < -0.39 is 0 Å². The molecule has 0 bridgehead atoms. The summed E-state index contributed by atoms with van der Waals surface area (Å²) in [6.07, 6.45) is 0.676. The molecule has 0 saturated carbocycles. The molecule has 2 N–H and O–H groups in total. The molecule has 3 aromatic heterocycles. The number of aromatic nitrogens is 2. The predicted octanol–water partition coefficient (Wildman–Crippen LogP) is 3.57. The van der Waals surface area contributed by atoms with Crippen LogP contribution in [0.1, 0.15) is 27.6 Å². The zero-order valence-corrected chi connectivity index (χ0v) is 15.6. The summed E-state index contributed by atoms with van der Waals surface area (Å²) in [5, 5.41) is 3.50. The largest absolute Gasteiger partial charge is 0.351 e. The van der Waals surface area contributed by atoms with Gasteiger partial charge >= 0.3 is 0 Å². The van der Waals surface area contributed by atoms with Crippen LogP contribution in [-0.4, -0.2) is 15.9 Å². The molecule has 0 radical (unpaired) electrons. The Morgan fingerprint density at radius 2 is 2.12 bits per heavy atom. The lowest BCUT2D eigenvalue weighted by Gasteiger charge is -2.04. The molecule has 0 aliphatic carbocycles. The molecule has 0 atom stereocenters. The van der Waals surface area contributed by atoms with Crippen LogP contribution in [0, 0.1) is 13.8 Å². The van der Waals surface area contributed by atoms with E-state index in [1.165, 1.54) is 22.7 Å². The number of H-pyrrole nitrogens is 1. The summed E-state index contributed by atoms with van der Waals surface area (Å²) in [7, 11) is 0. The van der Waals surface area contributed by atoms with Crippen molar-refractivity contribution in [2.24, 2.45) is 0 Å². The third-order valence-corrected chi connectivity index (χ3v) is 6.10. The number of fused-ring (bicyclic) bond motifs is 1. The fourth-order valence-corrected chi connectivity index (χ4v) is 4.45. The van der Waals surface area contributed by atoms with E-state index in [9.17, 15) is 9.59 Å². The summed E-state index contributed by atoms with van der Waals surface area (Å²) in [5.74, 6) is 0.462. The number of carbonyl (C=O) groups is 1. The molecule has 0 spiro atoms. The molecule has 1 amide bonds. The maximum atomic E-state index is 12.2. The summed E-state index contributed by atoms with van der Waals surface area (Å²) in [5.41, 5.74) is 0.841. The first-order valence-corrected chi connectivity index (χ1v) is 9.45. The lowest BCUT2D eigenvalue weighted by Crippen LogP contribution is -2.23. The van der Waals surface area contributed by atoms with Gasteiger partial charge in [0.2, 0.25) is 5.91 Å². The van der Waals surface area contributed by atoms with Gasteiger partial charge in [0, 0.05) is 22.6 Å². The van der Waals surface area contributed by atoms with Crippen LogP contribution in [0.2, 0.25) is 4.34 Å². The van der Waals surface area contributed by atoms with Crippen LogP contribution >= 0.6 is 34.3 Å². The normalized spacial score (nSPS) is 11.1. The Labute approximate surface area is 151 Å². The van der Waals surface area contributed by atoms with E-state index in [0.717, 1.165) is 20.1 Å². The van der Waals surface area contributed by atoms with Crippen molar-refractivity contribution in [3.05, 3.63) is 48.0 Å². The fraction of sp³-hybridized carbons (Fsp3) is 0.312. The number of nitrogens with one attached hydrogen (secondary N) is 2. The molecule has 0 aromatic carbocycles. The molecule has 24 heavy (non-hydrogen) atoms. The number of carbonyl (C=O) groups excluding carboxylic acids is 1. The van der Waals surface area contributed by atoms with Crippen molar-refractivity contribution in [2.45, 2.75) is 33.2 Å². The third kappa shape index (κ3) is 3.68. The van der Waals surface area contributed by atoms with Crippen LogP contribution < -0.4 is 10.9 Å². The van der Waals surface area contributed by atoms with E-state index >= 15 is 0 Å². The van der Waals surface area contributed by atoms with Crippen LogP contribution in [0.15, 0.2) is 16.9 Å². The van der Waals surface area contributed by atoms with Crippen molar-refractivity contribution in [1.29, 1.82) is 0 Å². The van der Waals surface area contributed by atoms with Gasteiger partial charge in [-0.3, -0.25) is 9.59 Å². The summed E-state index contributed by atoms with van der Waals surface area (Å²) in [6.45, 7) is 4.36. The first-order valence-electron chi connectivity index (χ1n) is 7.44. The summed E-state index contributed by atoms with van der Waals surface area (Å²) in [6, 6.07) is 3.70. The first-order chi connectivity index (χ1) is 11.4. The fourth-order valence-electron chi connectivity index (χ4n) is 2.37. The molecule has 8 heteroatoms. The van der Waals surface area contributed by atoms with E-state index in [4.69, 9.17) is 11.6 Å². The van der Waals surface area contributed by atoms with Crippen molar-refractivity contribution in [2.75, 3.05) is 0 Å². The average Bonchev–Trinajstić information content (AvgIpc) is 3.07. The van der Waals surface area contributed by atoms with Crippen LogP contribution in [0.3, 0.4) is 0 Å². The molecule has 0 aliphatic rings. The number of hydrogen-bond donors (Lipinski definition) is 2. The Kier molecular flexibility index (Phi) is 5.03. The number of rotatable bonds is 5. The summed E-state index contributed by atoms with van der Waals surface area (Å²) >= 11 is 8.81. The zero-order valence-electron chi connectivity index (χ0n) is 13.2. The molecule has 3 aromatic rings. The van der Waals surface area contributed by atoms with Gasteiger partial charge in [0.05, 0.1) is 16.3 Å². The van der Waals surface area contributed by atoms with Crippen molar-refractivity contribution >= 4 is 50.4 Å². The van der Waals surface area contributed by atoms with Gasteiger partial charge in [-0.15, -0.1) is 22.7 Å². The molecule has 0 saturated heterocycles. The van der Waals surface area contributed by atoms with Gasteiger partial charge in [-0.25, -0.2) is 4.98 Å². The molecule has 0 fully saturated rings. The van der Waals surface area contributed by atoms with Crippen LogP contribution in [0.25, 0.3) is 10.2 Å². The van der Waals surface area contributed by atoms with Crippen LogP contribution in [0.5, 0.6) is 0 Å². The zero-order chi connectivity index (χ0) is 17.3. The highest BCUT2D eigenvalue weighted by Gasteiger charge is 2.12.